The number of nitrogens with two attached hydrogens (primary N) is 1. The number of benzene rings is 1. The first-order chi connectivity index (χ1) is 10.1. The Morgan fingerprint density at radius 3 is 2.48 bits per heavy atom. The minimum absolute atomic E-state index is 0.377. The molecule has 4 nitrogen and oxygen atoms in total. The van der Waals surface area contributed by atoms with Crippen molar-refractivity contribution in [2.24, 2.45) is 11.7 Å². The topological polar surface area (TPSA) is 58.4 Å². The van der Waals surface area contributed by atoms with Gasteiger partial charge in [0.15, 0.2) is 0 Å². The van der Waals surface area contributed by atoms with Crippen LogP contribution >= 0.6 is 0 Å². The monoisotopic (exact) mass is 289 g/mol. The van der Waals surface area contributed by atoms with Crippen LogP contribution in [0.4, 0.5) is 5.69 Å². The quantitative estimate of drug-likeness (QED) is 0.846. The van der Waals surface area contributed by atoms with Crippen LogP contribution in [-0.2, 0) is 0 Å². The molecular weight excluding hydrogens is 262 g/mol. The van der Waals surface area contributed by atoms with E-state index < -0.39 is 0 Å². The number of likely N-dealkylation sites (tertiary alicyclic amines) is 1. The van der Waals surface area contributed by atoms with Crippen molar-refractivity contribution in [3.8, 4) is 0 Å². The van der Waals surface area contributed by atoms with Gasteiger partial charge in [-0.2, -0.15) is 0 Å². The van der Waals surface area contributed by atoms with Crippen molar-refractivity contribution in [3.05, 3.63) is 29.8 Å². The fourth-order valence-corrected chi connectivity index (χ4v) is 3.10. The van der Waals surface area contributed by atoms with Gasteiger partial charge in [0, 0.05) is 17.3 Å². The zero-order valence-electron chi connectivity index (χ0n) is 13.1. The van der Waals surface area contributed by atoms with E-state index in [0.717, 1.165) is 5.69 Å². The summed E-state index contributed by atoms with van der Waals surface area (Å²) in [5.74, 6) is 0.340. The third-order valence-electron chi connectivity index (χ3n) is 4.44. The number of rotatable bonds is 6. The summed E-state index contributed by atoms with van der Waals surface area (Å²) >= 11 is 0. The first-order valence-corrected chi connectivity index (χ1v) is 7.99. The van der Waals surface area contributed by atoms with Crippen molar-refractivity contribution in [1.82, 2.24) is 4.90 Å². The Hall–Kier alpha value is -1.55. The Balaban J connectivity index is 1.84. The Bertz CT molecular complexity index is 450. The van der Waals surface area contributed by atoms with Gasteiger partial charge in [-0.15, -0.1) is 0 Å². The van der Waals surface area contributed by atoms with Crippen LogP contribution in [0.3, 0.4) is 0 Å². The number of amides is 1. The first kappa shape index (κ1) is 15.8. The molecule has 0 bridgehead atoms. The number of hydrogen-bond acceptors (Lipinski definition) is 3. The van der Waals surface area contributed by atoms with Crippen LogP contribution in [0.1, 0.15) is 43.5 Å². The van der Waals surface area contributed by atoms with Crippen LogP contribution in [0, 0.1) is 5.92 Å². The van der Waals surface area contributed by atoms with Gasteiger partial charge in [-0.3, -0.25) is 4.79 Å². The van der Waals surface area contributed by atoms with Gasteiger partial charge < -0.3 is 16.0 Å². The van der Waals surface area contributed by atoms with Crippen molar-refractivity contribution in [3.63, 3.8) is 0 Å². The van der Waals surface area contributed by atoms with Gasteiger partial charge >= 0.3 is 0 Å². The number of piperidine rings is 1. The van der Waals surface area contributed by atoms with Crippen LogP contribution in [0.15, 0.2) is 24.3 Å². The number of anilines is 1. The highest BCUT2D eigenvalue weighted by molar-refractivity contribution is 5.93. The lowest BCUT2D eigenvalue weighted by molar-refractivity contribution is 0.100. The molecule has 0 radical (unpaired) electrons. The maximum Gasteiger partial charge on any atom is 0.248 e. The predicted molar refractivity (Wildman–Crippen MR) is 87.5 cm³/mol. The van der Waals surface area contributed by atoms with Crippen molar-refractivity contribution < 1.29 is 4.79 Å². The molecule has 0 saturated carbocycles. The predicted octanol–water partition coefficient (Wildman–Crippen LogP) is 2.71. The summed E-state index contributed by atoms with van der Waals surface area (Å²) in [6, 6.07) is 7.88. The van der Waals surface area contributed by atoms with Crippen molar-refractivity contribution >= 4 is 11.6 Å². The molecule has 2 rings (SSSR count). The van der Waals surface area contributed by atoms with E-state index in [2.05, 4.69) is 24.1 Å². The van der Waals surface area contributed by atoms with Crippen LogP contribution in [-0.4, -0.2) is 36.5 Å². The molecule has 1 atom stereocenters. The average molecular weight is 289 g/mol. The molecule has 1 aliphatic heterocycles. The van der Waals surface area contributed by atoms with Gasteiger partial charge in [0.1, 0.15) is 0 Å². The molecule has 1 aliphatic rings. The number of nitrogens with one attached hydrogen (secondary N) is 1. The summed E-state index contributed by atoms with van der Waals surface area (Å²) in [5, 5.41) is 3.55. The molecule has 1 aromatic rings. The molecule has 1 aromatic carbocycles. The second-order valence-corrected chi connectivity index (χ2v) is 6.05. The van der Waals surface area contributed by atoms with E-state index in [-0.39, 0.29) is 5.91 Å². The van der Waals surface area contributed by atoms with Crippen molar-refractivity contribution in [2.45, 2.75) is 39.2 Å². The lowest BCUT2D eigenvalue weighted by Gasteiger charge is -2.35. The number of nitrogens with zero attached hydrogens (tertiary/aromatic N) is 1. The van der Waals surface area contributed by atoms with E-state index in [1.54, 1.807) is 12.1 Å². The SMILES string of the molecule is CCCN1CCC(C(C)Nc2ccc(C(N)=O)cc2)CC1. The van der Waals surface area contributed by atoms with E-state index in [1.165, 1.54) is 38.9 Å². The summed E-state index contributed by atoms with van der Waals surface area (Å²) in [6.07, 6.45) is 3.76. The van der Waals surface area contributed by atoms with Gasteiger partial charge in [0.2, 0.25) is 5.91 Å². The van der Waals surface area contributed by atoms with E-state index >= 15 is 0 Å². The van der Waals surface area contributed by atoms with Crippen LogP contribution < -0.4 is 11.1 Å². The molecule has 116 valence electrons. The maximum atomic E-state index is 11.1. The number of carbonyl (C=O) groups excluding carboxylic acids is 1. The van der Waals surface area contributed by atoms with Gasteiger partial charge in [0.25, 0.3) is 0 Å². The Morgan fingerprint density at radius 2 is 1.95 bits per heavy atom. The number of hydrogen-bond donors (Lipinski definition) is 2. The summed E-state index contributed by atoms with van der Waals surface area (Å²) in [5.41, 5.74) is 6.87. The molecule has 0 aliphatic carbocycles. The Kier molecular flexibility index (Phi) is 5.62. The summed E-state index contributed by atoms with van der Waals surface area (Å²) in [4.78, 5) is 13.6. The standard InChI is InChI=1S/C17H27N3O/c1-3-10-20-11-8-14(9-12-20)13(2)19-16-6-4-15(5-7-16)17(18)21/h4-7,13-14,19H,3,8-12H2,1-2H3,(H2,18,21). The maximum absolute atomic E-state index is 11.1. The van der Waals surface area contributed by atoms with Crippen molar-refractivity contribution in [2.75, 3.05) is 25.0 Å². The zero-order valence-corrected chi connectivity index (χ0v) is 13.1. The minimum Gasteiger partial charge on any atom is -0.382 e. The molecule has 1 amide bonds. The Morgan fingerprint density at radius 1 is 1.33 bits per heavy atom. The molecule has 0 aromatic heterocycles. The smallest absolute Gasteiger partial charge is 0.248 e. The van der Waals surface area contributed by atoms with Crippen LogP contribution in [0.25, 0.3) is 0 Å². The largest absolute Gasteiger partial charge is 0.382 e. The van der Waals surface area contributed by atoms with E-state index in [1.807, 2.05) is 12.1 Å². The summed E-state index contributed by atoms with van der Waals surface area (Å²) in [7, 11) is 0. The lowest BCUT2D eigenvalue weighted by atomic mass is 9.90. The molecule has 1 heterocycles. The third-order valence-corrected chi connectivity index (χ3v) is 4.44. The Labute approximate surface area is 127 Å². The normalized spacial score (nSPS) is 18.4. The number of primary amides is 1. The zero-order chi connectivity index (χ0) is 15.2. The number of carbonyl (C=O) groups is 1. The second kappa shape index (κ2) is 7.46. The molecule has 21 heavy (non-hydrogen) atoms. The minimum atomic E-state index is -0.377. The van der Waals surface area contributed by atoms with E-state index in [0.29, 0.717) is 17.5 Å². The molecule has 1 fully saturated rings. The average Bonchev–Trinajstić information content (AvgIpc) is 2.49. The fraction of sp³-hybridized carbons (Fsp3) is 0.588. The third kappa shape index (κ3) is 4.46. The second-order valence-electron chi connectivity index (χ2n) is 6.05. The van der Waals surface area contributed by atoms with E-state index in [9.17, 15) is 4.79 Å². The van der Waals surface area contributed by atoms with Gasteiger partial charge in [-0.1, -0.05) is 6.92 Å². The van der Waals surface area contributed by atoms with Crippen molar-refractivity contribution in [1.29, 1.82) is 0 Å². The van der Waals surface area contributed by atoms with Gasteiger partial charge in [0.05, 0.1) is 0 Å². The highest BCUT2D eigenvalue weighted by atomic mass is 16.1. The molecule has 1 unspecified atom stereocenters. The van der Waals surface area contributed by atoms with Crippen LogP contribution in [0.2, 0.25) is 0 Å². The summed E-state index contributed by atoms with van der Waals surface area (Å²) in [6.45, 7) is 8.15. The fourth-order valence-electron chi connectivity index (χ4n) is 3.10. The van der Waals surface area contributed by atoms with E-state index in [4.69, 9.17) is 5.73 Å². The molecule has 3 N–H and O–H groups in total. The lowest BCUT2D eigenvalue weighted by Crippen LogP contribution is -2.39. The molecular formula is C17H27N3O. The van der Waals surface area contributed by atoms with Crippen LogP contribution in [0.5, 0.6) is 0 Å². The van der Waals surface area contributed by atoms with Gasteiger partial charge in [-0.25, -0.2) is 0 Å². The first-order valence-electron chi connectivity index (χ1n) is 7.99. The molecule has 0 spiro atoms. The molecule has 4 heteroatoms. The highest BCUT2D eigenvalue weighted by Gasteiger charge is 2.23. The summed E-state index contributed by atoms with van der Waals surface area (Å²) < 4.78 is 0. The van der Waals surface area contributed by atoms with Gasteiger partial charge in [-0.05, 0) is 76.0 Å². The molecule has 1 saturated heterocycles. The highest BCUT2D eigenvalue weighted by Crippen LogP contribution is 2.23.